The Balaban J connectivity index is 1.92. The summed E-state index contributed by atoms with van der Waals surface area (Å²) in [6.45, 7) is 5.25. The number of rotatable bonds is 7. The van der Waals surface area contributed by atoms with Crippen molar-refractivity contribution in [2.75, 3.05) is 26.8 Å². The van der Waals surface area contributed by atoms with E-state index < -0.39 is 6.04 Å². The number of hydrogen-bond donors (Lipinski definition) is 1. The average molecular weight is 334 g/mol. The molecule has 1 saturated heterocycles. The molecule has 1 N–H and O–H groups in total. The van der Waals surface area contributed by atoms with E-state index in [1.807, 2.05) is 30.9 Å². The van der Waals surface area contributed by atoms with Crippen LogP contribution < -0.4 is 14.8 Å². The van der Waals surface area contributed by atoms with Crippen LogP contribution in [0.4, 0.5) is 0 Å². The van der Waals surface area contributed by atoms with Crippen molar-refractivity contribution in [3.63, 3.8) is 0 Å². The highest BCUT2D eigenvalue weighted by Gasteiger charge is 2.30. The number of para-hydroxylation sites is 2. The molecule has 0 radical (unpaired) electrons. The molecule has 0 aliphatic carbocycles. The summed E-state index contributed by atoms with van der Waals surface area (Å²) in [5, 5.41) is 2.80. The van der Waals surface area contributed by atoms with E-state index in [2.05, 4.69) is 5.32 Å². The zero-order valence-corrected chi connectivity index (χ0v) is 14.6. The molecule has 6 nitrogen and oxygen atoms in total. The van der Waals surface area contributed by atoms with Crippen LogP contribution in [0.5, 0.6) is 11.5 Å². The summed E-state index contributed by atoms with van der Waals surface area (Å²) in [6, 6.07) is 6.62. The van der Waals surface area contributed by atoms with Crippen LogP contribution >= 0.6 is 0 Å². The average Bonchev–Trinajstić information content (AvgIpc) is 3.11. The molecule has 1 aliphatic rings. The predicted octanol–water partition coefficient (Wildman–Crippen LogP) is 1.84. The van der Waals surface area contributed by atoms with Crippen LogP contribution in [0.3, 0.4) is 0 Å². The maximum atomic E-state index is 12.5. The van der Waals surface area contributed by atoms with Gasteiger partial charge in [-0.2, -0.15) is 0 Å². The van der Waals surface area contributed by atoms with Gasteiger partial charge in [-0.05, 0) is 30.9 Å². The maximum Gasteiger partial charge on any atom is 0.258 e. The molecule has 2 rings (SSSR count). The fourth-order valence-electron chi connectivity index (χ4n) is 2.74. The van der Waals surface area contributed by atoms with E-state index in [0.29, 0.717) is 11.5 Å². The number of nitrogens with one attached hydrogen (secondary N) is 1. The first-order valence-electron chi connectivity index (χ1n) is 8.37. The molecule has 0 unspecified atom stereocenters. The van der Waals surface area contributed by atoms with Crippen LogP contribution in [0.1, 0.15) is 26.7 Å². The first-order valence-corrected chi connectivity index (χ1v) is 8.37. The third-order valence-electron chi connectivity index (χ3n) is 4.09. The van der Waals surface area contributed by atoms with Crippen LogP contribution in [0.2, 0.25) is 0 Å². The van der Waals surface area contributed by atoms with Gasteiger partial charge in [-0.3, -0.25) is 9.59 Å². The van der Waals surface area contributed by atoms with Gasteiger partial charge in [0.15, 0.2) is 18.1 Å². The number of nitrogens with zero attached hydrogens (tertiary/aromatic N) is 1. The van der Waals surface area contributed by atoms with E-state index in [1.165, 1.54) is 0 Å². The minimum atomic E-state index is -0.517. The van der Waals surface area contributed by atoms with Crippen molar-refractivity contribution in [3.05, 3.63) is 24.3 Å². The summed E-state index contributed by atoms with van der Waals surface area (Å²) in [4.78, 5) is 26.6. The highest BCUT2D eigenvalue weighted by molar-refractivity contribution is 5.88. The number of hydrogen-bond acceptors (Lipinski definition) is 4. The summed E-state index contributed by atoms with van der Waals surface area (Å²) < 4.78 is 10.7. The van der Waals surface area contributed by atoms with Crippen molar-refractivity contribution in [1.82, 2.24) is 10.2 Å². The normalized spacial score (nSPS) is 15.2. The molecule has 6 heteroatoms. The van der Waals surface area contributed by atoms with E-state index in [4.69, 9.17) is 9.47 Å². The molecular weight excluding hydrogens is 308 g/mol. The van der Waals surface area contributed by atoms with Crippen LogP contribution in [-0.2, 0) is 9.59 Å². The molecule has 1 fully saturated rings. The molecule has 0 spiro atoms. The van der Waals surface area contributed by atoms with Gasteiger partial charge in [-0.15, -0.1) is 0 Å². The van der Waals surface area contributed by atoms with Crippen molar-refractivity contribution in [1.29, 1.82) is 0 Å². The molecule has 1 aromatic rings. The topological polar surface area (TPSA) is 67.9 Å². The molecule has 1 aromatic carbocycles. The fraction of sp³-hybridized carbons (Fsp3) is 0.556. The number of amides is 2. The molecule has 24 heavy (non-hydrogen) atoms. The molecule has 1 atom stereocenters. The van der Waals surface area contributed by atoms with Crippen molar-refractivity contribution in [3.8, 4) is 11.5 Å². The Bertz CT molecular complexity index is 568. The Kier molecular flexibility index (Phi) is 6.46. The lowest BCUT2D eigenvalue weighted by atomic mass is 10.0. The zero-order chi connectivity index (χ0) is 17.5. The fourth-order valence-corrected chi connectivity index (χ4v) is 2.74. The van der Waals surface area contributed by atoms with E-state index in [9.17, 15) is 9.59 Å². The van der Waals surface area contributed by atoms with Crippen molar-refractivity contribution >= 4 is 11.8 Å². The SMILES string of the molecule is COc1ccccc1OCC(=O)N[C@@H](C(=O)N1CCCC1)C(C)C. The monoisotopic (exact) mass is 334 g/mol. The van der Waals surface area contributed by atoms with E-state index in [1.54, 1.807) is 19.2 Å². The summed E-state index contributed by atoms with van der Waals surface area (Å²) >= 11 is 0. The third kappa shape index (κ3) is 4.63. The molecule has 1 aliphatic heterocycles. The minimum Gasteiger partial charge on any atom is -0.493 e. The highest BCUT2D eigenvalue weighted by Crippen LogP contribution is 2.25. The molecular formula is C18H26N2O4. The second-order valence-electron chi connectivity index (χ2n) is 6.26. The van der Waals surface area contributed by atoms with Crippen LogP contribution in [0.15, 0.2) is 24.3 Å². The zero-order valence-electron chi connectivity index (χ0n) is 14.6. The standard InChI is InChI=1S/C18H26N2O4/c1-13(2)17(18(22)20-10-6-7-11-20)19-16(21)12-24-15-9-5-4-8-14(15)23-3/h4-5,8-9,13,17H,6-7,10-12H2,1-3H3,(H,19,21)/t17-/m1/s1. The van der Waals surface area contributed by atoms with Crippen LogP contribution in [0.25, 0.3) is 0 Å². The molecule has 0 saturated carbocycles. The number of benzene rings is 1. The summed E-state index contributed by atoms with van der Waals surface area (Å²) in [7, 11) is 1.55. The Labute approximate surface area is 143 Å². The second-order valence-corrected chi connectivity index (χ2v) is 6.26. The Hall–Kier alpha value is -2.24. The molecule has 0 bridgehead atoms. The Morgan fingerprint density at radius 1 is 1.17 bits per heavy atom. The van der Waals surface area contributed by atoms with E-state index >= 15 is 0 Å². The summed E-state index contributed by atoms with van der Waals surface area (Å²) in [5.74, 6) is 0.773. The van der Waals surface area contributed by atoms with Gasteiger partial charge >= 0.3 is 0 Å². The minimum absolute atomic E-state index is 0.00635. The lowest BCUT2D eigenvalue weighted by Crippen LogP contribution is -2.51. The van der Waals surface area contributed by atoms with Gasteiger partial charge in [0.2, 0.25) is 5.91 Å². The van der Waals surface area contributed by atoms with E-state index in [0.717, 1.165) is 25.9 Å². The van der Waals surface area contributed by atoms with Crippen LogP contribution in [0, 0.1) is 5.92 Å². The Morgan fingerprint density at radius 2 is 1.79 bits per heavy atom. The second kappa shape index (κ2) is 8.57. The van der Waals surface area contributed by atoms with Crippen LogP contribution in [-0.4, -0.2) is 49.6 Å². The highest BCUT2D eigenvalue weighted by atomic mass is 16.5. The number of carbonyl (C=O) groups excluding carboxylic acids is 2. The van der Waals surface area contributed by atoms with Crippen molar-refractivity contribution in [2.24, 2.45) is 5.92 Å². The predicted molar refractivity (Wildman–Crippen MR) is 91.1 cm³/mol. The quantitative estimate of drug-likeness (QED) is 0.826. The maximum absolute atomic E-state index is 12.5. The first-order chi connectivity index (χ1) is 11.5. The summed E-state index contributed by atoms with van der Waals surface area (Å²) in [5.41, 5.74) is 0. The lowest BCUT2D eigenvalue weighted by molar-refractivity contribution is -0.137. The van der Waals surface area contributed by atoms with Gasteiger partial charge in [-0.25, -0.2) is 0 Å². The van der Waals surface area contributed by atoms with Gasteiger partial charge in [-0.1, -0.05) is 26.0 Å². The molecule has 132 valence electrons. The number of methoxy groups -OCH3 is 1. The Morgan fingerprint density at radius 3 is 2.38 bits per heavy atom. The largest absolute Gasteiger partial charge is 0.493 e. The number of ether oxygens (including phenoxy) is 2. The number of likely N-dealkylation sites (tertiary alicyclic amines) is 1. The molecule has 0 aromatic heterocycles. The van der Waals surface area contributed by atoms with Gasteiger partial charge in [0, 0.05) is 13.1 Å². The summed E-state index contributed by atoms with van der Waals surface area (Å²) in [6.07, 6.45) is 2.06. The van der Waals surface area contributed by atoms with Gasteiger partial charge in [0.25, 0.3) is 5.91 Å². The molecule has 2 amide bonds. The first kappa shape index (κ1) is 18.1. The smallest absolute Gasteiger partial charge is 0.258 e. The molecule has 1 heterocycles. The van der Waals surface area contributed by atoms with Gasteiger partial charge in [0.05, 0.1) is 7.11 Å². The van der Waals surface area contributed by atoms with Gasteiger partial charge < -0.3 is 19.7 Å². The third-order valence-corrected chi connectivity index (χ3v) is 4.09. The van der Waals surface area contributed by atoms with Crippen molar-refractivity contribution < 1.29 is 19.1 Å². The lowest BCUT2D eigenvalue weighted by Gasteiger charge is -2.26. The van der Waals surface area contributed by atoms with Gasteiger partial charge in [0.1, 0.15) is 6.04 Å². The number of carbonyl (C=O) groups is 2. The van der Waals surface area contributed by atoms with E-state index in [-0.39, 0.29) is 24.3 Å². The van der Waals surface area contributed by atoms with Crippen molar-refractivity contribution in [2.45, 2.75) is 32.7 Å².